The number of rotatable bonds is 4. The molecule has 0 fully saturated rings. The molecule has 2 aromatic rings. The van der Waals surface area contributed by atoms with Gasteiger partial charge in [0.1, 0.15) is 17.3 Å². The van der Waals surface area contributed by atoms with Crippen LogP contribution in [0.2, 0.25) is 0 Å². The second-order valence-electron chi connectivity index (χ2n) is 4.16. The van der Waals surface area contributed by atoms with E-state index in [1.165, 1.54) is 6.07 Å². The maximum atomic E-state index is 13.5. The second kappa shape index (κ2) is 5.04. The van der Waals surface area contributed by atoms with E-state index in [2.05, 4.69) is 0 Å². The lowest BCUT2D eigenvalue weighted by Crippen LogP contribution is -2.18. The van der Waals surface area contributed by atoms with Crippen molar-refractivity contribution in [2.45, 2.75) is 13.5 Å². The van der Waals surface area contributed by atoms with E-state index >= 15 is 0 Å². The van der Waals surface area contributed by atoms with E-state index in [0.717, 1.165) is 11.5 Å². The molecule has 0 saturated heterocycles. The van der Waals surface area contributed by atoms with Crippen LogP contribution in [0.1, 0.15) is 21.9 Å². The first-order valence-electron chi connectivity index (χ1n) is 5.62. The number of halogens is 1. The van der Waals surface area contributed by atoms with Gasteiger partial charge in [-0.15, -0.1) is 0 Å². The SMILES string of the molecule is Cc1ccc(CN(C)c2cccc(F)c2C=O)o1. The fourth-order valence-corrected chi connectivity index (χ4v) is 1.86. The summed E-state index contributed by atoms with van der Waals surface area (Å²) in [5.41, 5.74) is 0.627. The predicted octanol–water partition coefficient (Wildman–Crippen LogP) is 3.18. The van der Waals surface area contributed by atoms with Crippen LogP contribution in [-0.2, 0) is 6.54 Å². The zero-order chi connectivity index (χ0) is 13.1. The third kappa shape index (κ3) is 2.42. The lowest BCUT2D eigenvalue weighted by Gasteiger charge is -2.19. The summed E-state index contributed by atoms with van der Waals surface area (Å²) >= 11 is 0. The summed E-state index contributed by atoms with van der Waals surface area (Å²) in [4.78, 5) is 12.7. The van der Waals surface area contributed by atoms with Crippen LogP contribution in [0.15, 0.2) is 34.7 Å². The zero-order valence-corrected chi connectivity index (χ0v) is 10.3. The normalized spacial score (nSPS) is 10.4. The Kier molecular flexibility index (Phi) is 3.46. The molecule has 0 aliphatic carbocycles. The maximum Gasteiger partial charge on any atom is 0.155 e. The smallest absolute Gasteiger partial charge is 0.155 e. The number of benzene rings is 1. The molecular formula is C14H14FNO2. The number of hydrogen-bond acceptors (Lipinski definition) is 3. The average Bonchev–Trinajstić information content (AvgIpc) is 2.74. The summed E-state index contributed by atoms with van der Waals surface area (Å²) in [6, 6.07) is 8.31. The molecule has 0 aliphatic heterocycles. The standard InChI is InChI=1S/C14H14FNO2/c1-10-6-7-11(18-10)8-16(2)14-5-3-4-13(15)12(14)9-17/h3-7,9H,8H2,1-2H3. The predicted molar refractivity (Wildman–Crippen MR) is 67.3 cm³/mol. The van der Waals surface area contributed by atoms with E-state index in [9.17, 15) is 9.18 Å². The minimum atomic E-state index is -0.509. The van der Waals surface area contributed by atoms with E-state index in [1.807, 2.05) is 19.1 Å². The zero-order valence-electron chi connectivity index (χ0n) is 10.3. The van der Waals surface area contributed by atoms with Crippen molar-refractivity contribution < 1.29 is 13.6 Å². The Morgan fingerprint density at radius 1 is 1.33 bits per heavy atom. The molecule has 0 atom stereocenters. The van der Waals surface area contributed by atoms with Gasteiger partial charge in [0.05, 0.1) is 17.8 Å². The quantitative estimate of drug-likeness (QED) is 0.778. The van der Waals surface area contributed by atoms with Crippen LogP contribution in [-0.4, -0.2) is 13.3 Å². The maximum absolute atomic E-state index is 13.5. The highest BCUT2D eigenvalue weighted by atomic mass is 19.1. The molecular weight excluding hydrogens is 233 g/mol. The average molecular weight is 247 g/mol. The summed E-state index contributed by atoms with van der Waals surface area (Å²) in [6.45, 7) is 2.35. The van der Waals surface area contributed by atoms with E-state index < -0.39 is 5.82 Å². The van der Waals surface area contributed by atoms with Crippen molar-refractivity contribution in [2.75, 3.05) is 11.9 Å². The first-order chi connectivity index (χ1) is 8.61. The number of aldehydes is 1. The number of carbonyl (C=O) groups excluding carboxylic acids is 1. The molecule has 0 unspecified atom stereocenters. The molecule has 18 heavy (non-hydrogen) atoms. The number of hydrogen-bond donors (Lipinski definition) is 0. The Morgan fingerprint density at radius 3 is 2.72 bits per heavy atom. The lowest BCUT2D eigenvalue weighted by atomic mass is 10.1. The Balaban J connectivity index is 2.26. The van der Waals surface area contributed by atoms with Crippen LogP contribution in [0.4, 0.5) is 10.1 Å². The number of anilines is 1. The highest BCUT2D eigenvalue weighted by Crippen LogP contribution is 2.22. The number of furan rings is 1. The molecule has 1 heterocycles. The molecule has 0 N–H and O–H groups in total. The van der Waals surface area contributed by atoms with Crippen molar-refractivity contribution in [1.29, 1.82) is 0 Å². The van der Waals surface area contributed by atoms with Crippen LogP contribution in [0.25, 0.3) is 0 Å². The summed E-state index contributed by atoms with van der Waals surface area (Å²) in [7, 11) is 1.79. The lowest BCUT2D eigenvalue weighted by molar-refractivity contribution is 0.112. The number of aryl methyl sites for hydroxylation is 1. The Morgan fingerprint density at radius 2 is 2.11 bits per heavy atom. The van der Waals surface area contributed by atoms with Crippen molar-refractivity contribution >= 4 is 12.0 Å². The van der Waals surface area contributed by atoms with Crippen molar-refractivity contribution in [3.8, 4) is 0 Å². The van der Waals surface area contributed by atoms with Gasteiger partial charge in [-0.3, -0.25) is 4.79 Å². The molecule has 2 rings (SSSR count). The third-order valence-corrected chi connectivity index (χ3v) is 2.75. The molecule has 0 spiro atoms. The summed E-state index contributed by atoms with van der Waals surface area (Å²) in [5, 5.41) is 0. The summed E-state index contributed by atoms with van der Waals surface area (Å²) in [5.74, 6) is 1.09. The first kappa shape index (κ1) is 12.4. The van der Waals surface area contributed by atoms with Gasteiger partial charge in [-0.1, -0.05) is 6.07 Å². The van der Waals surface area contributed by atoms with E-state index in [1.54, 1.807) is 24.1 Å². The second-order valence-corrected chi connectivity index (χ2v) is 4.16. The minimum absolute atomic E-state index is 0.0725. The van der Waals surface area contributed by atoms with Crippen LogP contribution >= 0.6 is 0 Å². The molecule has 0 bridgehead atoms. The molecule has 0 saturated carbocycles. The Hall–Kier alpha value is -2.10. The molecule has 0 amide bonds. The fourth-order valence-electron chi connectivity index (χ4n) is 1.86. The molecule has 3 nitrogen and oxygen atoms in total. The van der Waals surface area contributed by atoms with Crippen LogP contribution in [0, 0.1) is 12.7 Å². The van der Waals surface area contributed by atoms with Gasteiger partial charge in [0.25, 0.3) is 0 Å². The highest BCUT2D eigenvalue weighted by molar-refractivity contribution is 5.84. The number of carbonyl (C=O) groups is 1. The van der Waals surface area contributed by atoms with Gasteiger partial charge in [-0.05, 0) is 31.2 Å². The van der Waals surface area contributed by atoms with Crippen LogP contribution in [0.5, 0.6) is 0 Å². The van der Waals surface area contributed by atoms with Gasteiger partial charge in [-0.2, -0.15) is 0 Å². The molecule has 4 heteroatoms. The Bertz CT molecular complexity index is 563. The highest BCUT2D eigenvalue weighted by Gasteiger charge is 2.12. The number of nitrogens with zero attached hydrogens (tertiary/aromatic N) is 1. The summed E-state index contributed by atoms with van der Waals surface area (Å²) in [6.07, 6.45) is 0.536. The van der Waals surface area contributed by atoms with Gasteiger partial charge >= 0.3 is 0 Å². The fraction of sp³-hybridized carbons (Fsp3) is 0.214. The molecule has 0 aliphatic rings. The monoisotopic (exact) mass is 247 g/mol. The van der Waals surface area contributed by atoms with E-state index in [-0.39, 0.29) is 5.56 Å². The van der Waals surface area contributed by atoms with Crippen molar-refractivity contribution in [1.82, 2.24) is 0 Å². The topological polar surface area (TPSA) is 33.5 Å². The molecule has 1 aromatic heterocycles. The Labute approximate surface area is 105 Å². The van der Waals surface area contributed by atoms with E-state index in [4.69, 9.17) is 4.42 Å². The molecule has 94 valence electrons. The van der Waals surface area contributed by atoms with Gasteiger partial charge in [-0.25, -0.2) is 4.39 Å². The molecule has 1 aromatic carbocycles. The van der Waals surface area contributed by atoms with Crippen LogP contribution < -0.4 is 4.90 Å². The van der Waals surface area contributed by atoms with Crippen LogP contribution in [0.3, 0.4) is 0 Å². The molecule has 0 radical (unpaired) electrons. The van der Waals surface area contributed by atoms with Gasteiger partial charge in [0.2, 0.25) is 0 Å². The first-order valence-corrected chi connectivity index (χ1v) is 5.62. The largest absolute Gasteiger partial charge is 0.464 e. The minimum Gasteiger partial charge on any atom is -0.464 e. The van der Waals surface area contributed by atoms with Gasteiger partial charge < -0.3 is 9.32 Å². The van der Waals surface area contributed by atoms with Gasteiger partial charge in [0, 0.05) is 7.05 Å². The summed E-state index contributed by atoms with van der Waals surface area (Å²) < 4.78 is 18.9. The van der Waals surface area contributed by atoms with Crippen molar-refractivity contribution in [3.63, 3.8) is 0 Å². The van der Waals surface area contributed by atoms with E-state index in [0.29, 0.717) is 18.5 Å². The third-order valence-electron chi connectivity index (χ3n) is 2.75. The van der Waals surface area contributed by atoms with Gasteiger partial charge in [0.15, 0.2) is 6.29 Å². The van der Waals surface area contributed by atoms with Crippen molar-refractivity contribution in [2.24, 2.45) is 0 Å². The van der Waals surface area contributed by atoms with Crippen molar-refractivity contribution in [3.05, 3.63) is 53.2 Å².